The highest BCUT2D eigenvalue weighted by molar-refractivity contribution is 7.99. The molecule has 0 spiro atoms. The molecule has 0 saturated carbocycles. The fourth-order valence-electron chi connectivity index (χ4n) is 3.58. The van der Waals surface area contributed by atoms with Crippen LogP contribution in [0.1, 0.15) is 18.1 Å². The molecule has 1 aromatic heterocycles. The molecule has 0 radical (unpaired) electrons. The second-order valence-corrected chi connectivity index (χ2v) is 8.95. The normalized spacial score (nSPS) is 10.8. The SMILES string of the molecule is CCn1c(SCC(=O)N(Cc2ccccc2)Cc2ccccc2)nnc1-c1cccc(Cl)c1. The molecular formula is C26H25ClN4OS. The summed E-state index contributed by atoms with van der Waals surface area (Å²) in [6.07, 6.45) is 0. The van der Waals surface area contributed by atoms with Crippen molar-refractivity contribution >= 4 is 29.3 Å². The second-order valence-electron chi connectivity index (χ2n) is 7.57. The minimum Gasteiger partial charge on any atom is -0.333 e. The number of rotatable bonds is 9. The Labute approximate surface area is 203 Å². The van der Waals surface area contributed by atoms with E-state index in [0.717, 1.165) is 27.7 Å². The minimum atomic E-state index is 0.0580. The summed E-state index contributed by atoms with van der Waals surface area (Å²) in [5, 5.41) is 10.1. The van der Waals surface area contributed by atoms with Crippen LogP contribution < -0.4 is 0 Å². The van der Waals surface area contributed by atoms with E-state index in [-0.39, 0.29) is 11.7 Å². The first kappa shape index (κ1) is 23.1. The van der Waals surface area contributed by atoms with Crippen LogP contribution >= 0.6 is 23.4 Å². The minimum absolute atomic E-state index is 0.0580. The molecule has 0 aliphatic carbocycles. The van der Waals surface area contributed by atoms with Crippen LogP contribution in [0.3, 0.4) is 0 Å². The number of amides is 1. The Hall–Kier alpha value is -3.09. The zero-order chi connectivity index (χ0) is 23.0. The van der Waals surface area contributed by atoms with Crippen LogP contribution in [0.15, 0.2) is 90.1 Å². The first-order chi connectivity index (χ1) is 16.1. The Morgan fingerprint density at radius 1 is 0.909 bits per heavy atom. The summed E-state index contributed by atoms with van der Waals surface area (Å²) >= 11 is 7.57. The summed E-state index contributed by atoms with van der Waals surface area (Å²) in [5.41, 5.74) is 3.11. The third-order valence-corrected chi connectivity index (χ3v) is 6.41. The van der Waals surface area contributed by atoms with Gasteiger partial charge in [-0.1, -0.05) is 96.2 Å². The number of carbonyl (C=O) groups excluding carboxylic acids is 1. The quantitative estimate of drug-likeness (QED) is 0.280. The molecule has 0 bridgehead atoms. The van der Waals surface area contributed by atoms with Gasteiger partial charge in [0.15, 0.2) is 11.0 Å². The highest BCUT2D eigenvalue weighted by atomic mass is 35.5. The molecule has 0 saturated heterocycles. The standard InChI is InChI=1S/C26H25ClN4OS/c1-2-31-25(22-14-9-15-23(27)16-22)28-29-26(31)33-19-24(32)30(17-20-10-5-3-6-11-20)18-21-12-7-4-8-13-21/h3-16H,2,17-19H2,1H3. The van der Waals surface area contributed by atoms with Crippen molar-refractivity contribution < 1.29 is 4.79 Å². The average Bonchev–Trinajstić information content (AvgIpc) is 3.26. The Balaban J connectivity index is 1.50. The van der Waals surface area contributed by atoms with Gasteiger partial charge in [0.05, 0.1) is 5.75 Å². The van der Waals surface area contributed by atoms with E-state index in [4.69, 9.17) is 11.6 Å². The van der Waals surface area contributed by atoms with E-state index in [9.17, 15) is 4.79 Å². The molecule has 33 heavy (non-hydrogen) atoms. The molecule has 7 heteroatoms. The lowest BCUT2D eigenvalue weighted by Gasteiger charge is -2.23. The van der Waals surface area contributed by atoms with Gasteiger partial charge in [-0.15, -0.1) is 10.2 Å². The molecule has 0 fully saturated rings. The van der Waals surface area contributed by atoms with Gasteiger partial charge >= 0.3 is 0 Å². The van der Waals surface area contributed by atoms with E-state index in [1.165, 1.54) is 11.8 Å². The number of carbonyl (C=O) groups is 1. The maximum absolute atomic E-state index is 13.3. The smallest absolute Gasteiger partial charge is 0.233 e. The predicted molar refractivity (Wildman–Crippen MR) is 134 cm³/mol. The van der Waals surface area contributed by atoms with E-state index < -0.39 is 0 Å². The van der Waals surface area contributed by atoms with Crippen molar-refractivity contribution in [2.45, 2.75) is 31.7 Å². The van der Waals surface area contributed by atoms with Crippen LogP contribution in [-0.4, -0.2) is 31.3 Å². The summed E-state index contributed by atoms with van der Waals surface area (Å²) < 4.78 is 2.02. The number of nitrogens with zero attached hydrogens (tertiary/aromatic N) is 4. The zero-order valence-electron chi connectivity index (χ0n) is 18.4. The van der Waals surface area contributed by atoms with Crippen LogP contribution in [-0.2, 0) is 24.4 Å². The number of thioether (sulfide) groups is 1. The van der Waals surface area contributed by atoms with Crippen molar-refractivity contribution in [3.8, 4) is 11.4 Å². The molecule has 0 N–H and O–H groups in total. The summed E-state index contributed by atoms with van der Waals surface area (Å²) in [7, 11) is 0. The lowest BCUT2D eigenvalue weighted by molar-refractivity contribution is -0.129. The van der Waals surface area contributed by atoms with E-state index in [0.29, 0.717) is 24.7 Å². The average molecular weight is 477 g/mol. The lowest BCUT2D eigenvalue weighted by Crippen LogP contribution is -2.31. The molecule has 1 amide bonds. The molecule has 0 atom stereocenters. The van der Waals surface area contributed by atoms with E-state index in [2.05, 4.69) is 10.2 Å². The summed E-state index contributed by atoms with van der Waals surface area (Å²) in [5.74, 6) is 1.09. The van der Waals surface area contributed by atoms with Crippen molar-refractivity contribution in [2.24, 2.45) is 0 Å². The topological polar surface area (TPSA) is 51.0 Å². The maximum Gasteiger partial charge on any atom is 0.233 e. The van der Waals surface area contributed by atoms with Gasteiger partial charge in [0.1, 0.15) is 0 Å². The molecule has 4 aromatic rings. The van der Waals surface area contributed by atoms with Crippen LogP contribution in [0.4, 0.5) is 0 Å². The largest absolute Gasteiger partial charge is 0.333 e. The maximum atomic E-state index is 13.3. The van der Waals surface area contributed by atoms with Crippen molar-refractivity contribution in [3.05, 3.63) is 101 Å². The van der Waals surface area contributed by atoms with Crippen molar-refractivity contribution in [1.82, 2.24) is 19.7 Å². The van der Waals surface area contributed by atoms with E-state index in [1.54, 1.807) is 0 Å². The van der Waals surface area contributed by atoms with Crippen LogP contribution in [0, 0.1) is 0 Å². The monoisotopic (exact) mass is 476 g/mol. The van der Waals surface area contributed by atoms with Crippen molar-refractivity contribution in [2.75, 3.05) is 5.75 Å². The highest BCUT2D eigenvalue weighted by Gasteiger charge is 2.19. The van der Waals surface area contributed by atoms with Crippen molar-refractivity contribution in [1.29, 1.82) is 0 Å². The van der Waals surface area contributed by atoms with Gasteiger partial charge in [-0.05, 0) is 30.2 Å². The molecule has 0 unspecified atom stereocenters. The fraction of sp³-hybridized carbons (Fsp3) is 0.192. The Bertz CT molecular complexity index is 1160. The van der Waals surface area contributed by atoms with E-state index >= 15 is 0 Å². The molecular weight excluding hydrogens is 452 g/mol. The number of hydrogen-bond donors (Lipinski definition) is 0. The zero-order valence-corrected chi connectivity index (χ0v) is 20.0. The molecule has 168 valence electrons. The molecule has 1 heterocycles. The van der Waals surface area contributed by atoms with Crippen LogP contribution in [0.25, 0.3) is 11.4 Å². The predicted octanol–water partition coefficient (Wildman–Crippen LogP) is 5.94. The van der Waals surface area contributed by atoms with Gasteiger partial charge in [-0.3, -0.25) is 4.79 Å². The summed E-state index contributed by atoms with van der Waals surface area (Å²) in [6.45, 7) is 3.86. The van der Waals surface area contributed by atoms with Crippen LogP contribution in [0.2, 0.25) is 5.02 Å². The van der Waals surface area contributed by atoms with Gasteiger partial charge in [-0.25, -0.2) is 0 Å². The molecule has 4 rings (SSSR count). The van der Waals surface area contributed by atoms with Gasteiger partial charge in [0.25, 0.3) is 0 Å². The van der Waals surface area contributed by atoms with Gasteiger partial charge in [0, 0.05) is 30.2 Å². The molecule has 0 aliphatic rings. The first-order valence-corrected chi connectivity index (χ1v) is 12.2. The van der Waals surface area contributed by atoms with Gasteiger partial charge < -0.3 is 9.47 Å². The van der Waals surface area contributed by atoms with Crippen LogP contribution in [0.5, 0.6) is 0 Å². The van der Waals surface area contributed by atoms with Gasteiger partial charge in [-0.2, -0.15) is 0 Å². The second kappa shape index (κ2) is 11.2. The third-order valence-electron chi connectivity index (χ3n) is 5.23. The molecule has 0 aliphatic heterocycles. The molecule has 3 aromatic carbocycles. The lowest BCUT2D eigenvalue weighted by atomic mass is 10.1. The van der Waals surface area contributed by atoms with Gasteiger partial charge in [0.2, 0.25) is 5.91 Å². The number of halogens is 1. The number of aromatic nitrogens is 3. The number of hydrogen-bond acceptors (Lipinski definition) is 4. The Kier molecular flexibility index (Phi) is 7.81. The summed E-state index contributed by atoms with van der Waals surface area (Å²) in [4.78, 5) is 15.2. The fourth-order valence-corrected chi connectivity index (χ4v) is 4.67. The first-order valence-electron chi connectivity index (χ1n) is 10.8. The summed E-state index contributed by atoms with van der Waals surface area (Å²) in [6, 6.07) is 27.7. The Morgan fingerprint density at radius 3 is 2.12 bits per heavy atom. The Morgan fingerprint density at radius 2 is 1.55 bits per heavy atom. The third kappa shape index (κ3) is 6.03. The molecule has 5 nitrogen and oxygen atoms in total. The van der Waals surface area contributed by atoms with Crippen molar-refractivity contribution in [3.63, 3.8) is 0 Å². The van der Waals surface area contributed by atoms with E-state index in [1.807, 2.05) is 101 Å². The highest BCUT2D eigenvalue weighted by Crippen LogP contribution is 2.26. The number of benzene rings is 3.